The number of hydrogen-bond acceptors (Lipinski definition) is 6. The summed E-state index contributed by atoms with van der Waals surface area (Å²) in [5.74, 6) is 0.229. The number of anilines is 1. The lowest BCUT2D eigenvalue weighted by atomic mass is 10.1. The van der Waals surface area contributed by atoms with Crippen molar-refractivity contribution in [2.45, 2.75) is 36.6 Å². The summed E-state index contributed by atoms with van der Waals surface area (Å²) >= 11 is 1.22. The standard InChI is InChI=1S/C17H20N2O5S2/c1-26(23,24)12-2-3-14-11(10-12)6-8-19(14)16(21)5-4-15(20)18-13-7-9-25-17(13)22/h2-3,10,13H,4-9H2,1H3,(H,18,20). The van der Waals surface area contributed by atoms with Crippen molar-refractivity contribution < 1.29 is 22.8 Å². The molecule has 2 heterocycles. The third-order valence-electron chi connectivity index (χ3n) is 4.51. The molecule has 1 atom stereocenters. The van der Waals surface area contributed by atoms with Crippen LogP contribution >= 0.6 is 11.8 Å². The van der Waals surface area contributed by atoms with Gasteiger partial charge in [0, 0.05) is 37.1 Å². The summed E-state index contributed by atoms with van der Waals surface area (Å²) in [4.78, 5) is 37.8. The zero-order valence-corrected chi connectivity index (χ0v) is 16.0. The molecule has 1 saturated heterocycles. The lowest BCUT2D eigenvalue weighted by Gasteiger charge is -2.18. The van der Waals surface area contributed by atoms with Gasteiger partial charge in [0.15, 0.2) is 9.84 Å². The number of carbonyl (C=O) groups is 3. The maximum absolute atomic E-state index is 12.5. The maximum Gasteiger partial charge on any atom is 0.227 e. The first-order chi connectivity index (χ1) is 12.3. The predicted octanol–water partition coefficient (Wildman–Crippen LogP) is 0.908. The number of fused-ring (bicyclic) bond motifs is 1. The highest BCUT2D eigenvalue weighted by Crippen LogP contribution is 2.30. The predicted molar refractivity (Wildman–Crippen MR) is 98.9 cm³/mol. The van der Waals surface area contributed by atoms with Gasteiger partial charge in [0.25, 0.3) is 0 Å². The molecule has 2 aliphatic heterocycles. The van der Waals surface area contributed by atoms with Crippen LogP contribution in [0.1, 0.15) is 24.8 Å². The van der Waals surface area contributed by atoms with Gasteiger partial charge in [0.05, 0.1) is 10.9 Å². The van der Waals surface area contributed by atoms with Crippen LogP contribution in [0.4, 0.5) is 5.69 Å². The van der Waals surface area contributed by atoms with Crippen LogP contribution in [0.25, 0.3) is 0 Å². The largest absolute Gasteiger partial charge is 0.345 e. The number of nitrogens with zero attached hydrogens (tertiary/aromatic N) is 1. The molecule has 1 N–H and O–H groups in total. The number of nitrogens with one attached hydrogen (secondary N) is 1. The Kier molecular flexibility index (Phi) is 5.38. The fourth-order valence-electron chi connectivity index (χ4n) is 3.12. The molecule has 1 aromatic rings. The van der Waals surface area contributed by atoms with E-state index in [1.807, 2.05) is 0 Å². The molecule has 2 aliphatic rings. The number of benzene rings is 1. The molecule has 2 amide bonds. The van der Waals surface area contributed by atoms with Gasteiger partial charge < -0.3 is 10.2 Å². The summed E-state index contributed by atoms with van der Waals surface area (Å²) in [7, 11) is -3.29. The summed E-state index contributed by atoms with van der Waals surface area (Å²) in [5, 5.41) is 2.64. The van der Waals surface area contributed by atoms with Crippen molar-refractivity contribution >= 4 is 44.2 Å². The summed E-state index contributed by atoms with van der Waals surface area (Å²) in [6.45, 7) is 0.473. The Morgan fingerprint density at radius 3 is 2.73 bits per heavy atom. The first kappa shape index (κ1) is 18.9. The van der Waals surface area contributed by atoms with E-state index in [9.17, 15) is 22.8 Å². The Balaban J connectivity index is 1.58. The summed E-state index contributed by atoms with van der Waals surface area (Å²) in [6.07, 6.45) is 2.45. The van der Waals surface area contributed by atoms with Crippen LogP contribution in [0.5, 0.6) is 0 Å². The fourth-order valence-corrected chi connectivity index (χ4v) is 4.72. The SMILES string of the molecule is CS(=O)(=O)c1ccc2c(c1)CCN2C(=O)CCC(=O)NC1CCSC1=O. The molecule has 0 aromatic heterocycles. The van der Waals surface area contributed by atoms with Gasteiger partial charge in [-0.3, -0.25) is 14.4 Å². The van der Waals surface area contributed by atoms with Gasteiger partial charge in [-0.05, 0) is 36.6 Å². The van der Waals surface area contributed by atoms with Crippen LogP contribution in [0.15, 0.2) is 23.1 Å². The number of sulfone groups is 1. The van der Waals surface area contributed by atoms with E-state index in [0.717, 1.165) is 11.8 Å². The van der Waals surface area contributed by atoms with Gasteiger partial charge >= 0.3 is 0 Å². The average Bonchev–Trinajstić information content (AvgIpc) is 3.18. The molecule has 0 saturated carbocycles. The number of hydrogen-bond donors (Lipinski definition) is 1. The van der Waals surface area contributed by atoms with E-state index >= 15 is 0 Å². The van der Waals surface area contributed by atoms with Crippen molar-refractivity contribution in [2.24, 2.45) is 0 Å². The van der Waals surface area contributed by atoms with Crippen LogP contribution in [-0.2, 0) is 30.6 Å². The van der Waals surface area contributed by atoms with Crippen LogP contribution in [0.2, 0.25) is 0 Å². The van der Waals surface area contributed by atoms with E-state index in [-0.39, 0.29) is 34.7 Å². The molecule has 1 fully saturated rings. The minimum absolute atomic E-state index is 0.0279. The fraction of sp³-hybridized carbons (Fsp3) is 0.471. The highest BCUT2D eigenvalue weighted by Gasteiger charge is 2.28. The van der Waals surface area contributed by atoms with Crippen molar-refractivity contribution in [3.05, 3.63) is 23.8 Å². The zero-order valence-electron chi connectivity index (χ0n) is 14.4. The second-order valence-corrected chi connectivity index (χ2v) is 9.55. The van der Waals surface area contributed by atoms with Gasteiger partial charge in [-0.2, -0.15) is 0 Å². The molecule has 0 spiro atoms. The molecule has 0 radical (unpaired) electrons. The van der Waals surface area contributed by atoms with Gasteiger partial charge in [0.2, 0.25) is 16.9 Å². The molecule has 1 unspecified atom stereocenters. The van der Waals surface area contributed by atoms with Crippen molar-refractivity contribution in [1.82, 2.24) is 5.32 Å². The number of rotatable bonds is 5. The Morgan fingerprint density at radius 2 is 2.08 bits per heavy atom. The molecule has 140 valence electrons. The highest BCUT2D eigenvalue weighted by molar-refractivity contribution is 8.14. The molecule has 3 rings (SSSR count). The maximum atomic E-state index is 12.5. The van der Waals surface area contributed by atoms with E-state index in [4.69, 9.17) is 0 Å². The first-order valence-electron chi connectivity index (χ1n) is 8.35. The van der Waals surface area contributed by atoms with Crippen LogP contribution in [0.3, 0.4) is 0 Å². The van der Waals surface area contributed by atoms with Crippen LogP contribution in [0, 0.1) is 0 Å². The normalized spacial score (nSPS) is 19.5. The zero-order chi connectivity index (χ0) is 18.9. The monoisotopic (exact) mass is 396 g/mol. The smallest absolute Gasteiger partial charge is 0.227 e. The minimum Gasteiger partial charge on any atom is -0.345 e. The molecule has 9 heteroatoms. The third-order valence-corrected chi connectivity index (χ3v) is 6.63. The van der Waals surface area contributed by atoms with Crippen LogP contribution < -0.4 is 10.2 Å². The lowest BCUT2D eigenvalue weighted by molar-refractivity contribution is -0.126. The Bertz CT molecular complexity index is 866. The van der Waals surface area contributed by atoms with Gasteiger partial charge in [-0.1, -0.05) is 11.8 Å². The second-order valence-electron chi connectivity index (χ2n) is 6.43. The van der Waals surface area contributed by atoms with Crippen molar-refractivity contribution in [1.29, 1.82) is 0 Å². The Hall–Kier alpha value is -1.87. The highest BCUT2D eigenvalue weighted by atomic mass is 32.2. The second kappa shape index (κ2) is 7.40. The molecular weight excluding hydrogens is 376 g/mol. The summed E-state index contributed by atoms with van der Waals surface area (Å²) < 4.78 is 23.3. The van der Waals surface area contributed by atoms with E-state index in [0.29, 0.717) is 30.8 Å². The molecule has 0 bridgehead atoms. The Labute approximate surface area is 156 Å². The molecular formula is C17H20N2O5S2. The van der Waals surface area contributed by atoms with Gasteiger partial charge in [-0.15, -0.1) is 0 Å². The molecule has 7 nitrogen and oxygen atoms in total. The van der Waals surface area contributed by atoms with Crippen LogP contribution in [-0.4, -0.2) is 49.9 Å². The lowest BCUT2D eigenvalue weighted by Crippen LogP contribution is -2.38. The van der Waals surface area contributed by atoms with Crippen molar-refractivity contribution in [3.63, 3.8) is 0 Å². The van der Waals surface area contributed by atoms with Crippen molar-refractivity contribution in [2.75, 3.05) is 23.5 Å². The minimum atomic E-state index is -3.29. The van der Waals surface area contributed by atoms with Gasteiger partial charge in [0.1, 0.15) is 0 Å². The number of amides is 2. The third kappa shape index (κ3) is 4.09. The number of carbonyl (C=O) groups excluding carboxylic acids is 3. The first-order valence-corrected chi connectivity index (χ1v) is 11.2. The summed E-state index contributed by atoms with van der Waals surface area (Å²) in [6, 6.07) is 4.30. The van der Waals surface area contributed by atoms with E-state index in [1.54, 1.807) is 17.0 Å². The number of thioether (sulfide) groups is 1. The molecule has 26 heavy (non-hydrogen) atoms. The van der Waals surface area contributed by atoms with E-state index < -0.39 is 15.9 Å². The van der Waals surface area contributed by atoms with Gasteiger partial charge in [-0.25, -0.2) is 8.42 Å². The average molecular weight is 396 g/mol. The van der Waals surface area contributed by atoms with E-state index in [2.05, 4.69) is 5.32 Å². The topological polar surface area (TPSA) is 101 Å². The Morgan fingerprint density at radius 1 is 1.31 bits per heavy atom. The quantitative estimate of drug-likeness (QED) is 0.794. The van der Waals surface area contributed by atoms with Crippen molar-refractivity contribution in [3.8, 4) is 0 Å². The summed E-state index contributed by atoms with van der Waals surface area (Å²) in [5.41, 5.74) is 1.52. The van der Waals surface area contributed by atoms with E-state index in [1.165, 1.54) is 17.8 Å². The molecule has 1 aromatic carbocycles. The molecule has 0 aliphatic carbocycles.